The molecule has 0 bridgehead atoms. The summed E-state index contributed by atoms with van der Waals surface area (Å²) in [5.74, 6) is 1.19. The van der Waals surface area contributed by atoms with Gasteiger partial charge < -0.3 is 14.6 Å². The summed E-state index contributed by atoms with van der Waals surface area (Å²) in [6.07, 6.45) is -0.504. The molecule has 3 aromatic rings. The lowest BCUT2D eigenvalue weighted by Gasteiger charge is -2.18. The second-order valence-electron chi connectivity index (χ2n) is 8.65. The number of halogens is 1. The van der Waals surface area contributed by atoms with Gasteiger partial charge in [0, 0.05) is 12.2 Å². The highest BCUT2D eigenvalue weighted by Gasteiger charge is 2.22. The Morgan fingerprint density at radius 3 is 2.39 bits per heavy atom. The van der Waals surface area contributed by atoms with Crippen molar-refractivity contribution in [3.63, 3.8) is 0 Å². The molecule has 1 heterocycles. The minimum atomic E-state index is -0.504. The summed E-state index contributed by atoms with van der Waals surface area (Å²) in [7, 11) is 0. The lowest BCUT2D eigenvalue weighted by Crippen LogP contribution is -2.17. The molecule has 0 saturated heterocycles. The smallest absolute Gasteiger partial charge is 0.234 e. The number of hydrogen-bond donors (Lipinski definition) is 1. The summed E-state index contributed by atoms with van der Waals surface area (Å²) in [6.45, 7) is 10.9. The number of anilines is 1. The number of rotatable bonds is 10. The number of carbonyl (C=O) groups is 1. The molecule has 0 fully saturated rings. The third-order valence-corrected chi connectivity index (χ3v) is 5.96. The number of hydrogen-bond acceptors (Lipinski definition) is 5. The van der Waals surface area contributed by atoms with E-state index in [0.29, 0.717) is 29.4 Å². The van der Waals surface area contributed by atoms with Gasteiger partial charge >= 0.3 is 0 Å². The Labute approximate surface area is 199 Å². The average Bonchev–Trinajstić information content (AvgIpc) is 3.16. The van der Waals surface area contributed by atoms with E-state index in [-0.39, 0.29) is 17.4 Å². The van der Waals surface area contributed by atoms with Gasteiger partial charge in [-0.15, -0.1) is 10.2 Å². The van der Waals surface area contributed by atoms with Crippen molar-refractivity contribution in [1.29, 1.82) is 0 Å². The van der Waals surface area contributed by atoms with Gasteiger partial charge in [-0.05, 0) is 48.6 Å². The number of carbonyl (C=O) groups excluding carboxylic acids is 1. The highest BCUT2D eigenvalue weighted by Crippen LogP contribution is 2.27. The van der Waals surface area contributed by atoms with Gasteiger partial charge in [-0.2, -0.15) is 0 Å². The molecule has 0 aliphatic carbocycles. The number of ether oxygens (including phenoxy) is 1. The van der Waals surface area contributed by atoms with Crippen LogP contribution in [0.3, 0.4) is 0 Å². The van der Waals surface area contributed by atoms with Gasteiger partial charge in [0.15, 0.2) is 28.7 Å². The molecular formula is C25H31FN4O2S. The van der Waals surface area contributed by atoms with Crippen molar-refractivity contribution in [2.75, 3.05) is 11.1 Å². The lowest BCUT2D eigenvalue weighted by atomic mass is 10.0. The van der Waals surface area contributed by atoms with Crippen molar-refractivity contribution in [3.05, 3.63) is 65.7 Å². The van der Waals surface area contributed by atoms with Crippen molar-refractivity contribution < 1.29 is 13.9 Å². The third-order valence-electron chi connectivity index (χ3n) is 4.99. The second-order valence-corrected chi connectivity index (χ2v) is 9.59. The molecule has 176 valence electrons. The molecule has 2 aromatic carbocycles. The number of para-hydroxylation sites is 1. The summed E-state index contributed by atoms with van der Waals surface area (Å²) in [5, 5.41) is 12.1. The maximum absolute atomic E-state index is 14.0. The first-order chi connectivity index (χ1) is 15.7. The van der Waals surface area contributed by atoms with Crippen LogP contribution in [0.15, 0.2) is 53.7 Å². The molecule has 1 N–H and O–H groups in total. The summed E-state index contributed by atoms with van der Waals surface area (Å²) in [5.41, 5.74) is 1.99. The SMILES string of the molecule is CC(C)Cn1c(SCC(=O)Nc2ccc(C(C)C)cc2)nnc1C(C)Oc1ccccc1F. The van der Waals surface area contributed by atoms with E-state index in [9.17, 15) is 9.18 Å². The normalized spacial score (nSPS) is 12.2. The van der Waals surface area contributed by atoms with Crippen molar-refractivity contribution in [3.8, 4) is 5.75 Å². The lowest BCUT2D eigenvalue weighted by molar-refractivity contribution is -0.113. The Morgan fingerprint density at radius 1 is 1.06 bits per heavy atom. The molecule has 0 spiro atoms. The van der Waals surface area contributed by atoms with Crippen LogP contribution in [0.2, 0.25) is 0 Å². The Morgan fingerprint density at radius 2 is 1.76 bits per heavy atom. The molecule has 33 heavy (non-hydrogen) atoms. The van der Waals surface area contributed by atoms with E-state index in [4.69, 9.17) is 4.74 Å². The van der Waals surface area contributed by atoms with Crippen LogP contribution < -0.4 is 10.1 Å². The van der Waals surface area contributed by atoms with Crippen molar-refractivity contribution >= 4 is 23.4 Å². The van der Waals surface area contributed by atoms with Gasteiger partial charge in [-0.1, -0.05) is 63.7 Å². The summed E-state index contributed by atoms with van der Waals surface area (Å²) in [4.78, 5) is 12.5. The first-order valence-corrected chi connectivity index (χ1v) is 12.1. The molecule has 3 rings (SSSR count). The zero-order chi connectivity index (χ0) is 24.0. The van der Waals surface area contributed by atoms with Crippen molar-refractivity contribution in [2.45, 2.75) is 58.3 Å². The van der Waals surface area contributed by atoms with Gasteiger partial charge in [0.2, 0.25) is 5.91 Å². The average molecular weight is 471 g/mol. The quantitative estimate of drug-likeness (QED) is 0.364. The number of amides is 1. The molecule has 6 nitrogen and oxygen atoms in total. The first-order valence-electron chi connectivity index (χ1n) is 11.1. The van der Waals surface area contributed by atoms with Gasteiger partial charge in [0.1, 0.15) is 0 Å². The van der Waals surface area contributed by atoms with Crippen LogP contribution in [-0.2, 0) is 11.3 Å². The van der Waals surface area contributed by atoms with E-state index >= 15 is 0 Å². The van der Waals surface area contributed by atoms with E-state index in [2.05, 4.69) is 43.2 Å². The number of nitrogens with zero attached hydrogens (tertiary/aromatic N) is 3. The highest BCUT2D eigenvalue weighted by atomic mass is 32.2. The molecule has 1 unspecified atom stereocenters. The second kappa shape index (κ2) is 11.3. The predicted octanol–water partition coefficient (Wildman–Crippen LogP) is 6.07. The number of benzene rings is 2. The van der Waals surface area contributed by atoms with Crippen LogP contribution in [-0.4, -0.2) is 26.4 Å². The standard InChI is InChI=1S/C25H31FN4O2S/c1-16(2)14-30-24(18(5)32-22-9-7-6-8-21(22)26)28-29-25(30)33-15-23(31)27-20-12-10-19(11-13-20)17(3)4/h6-13,16-18H,14-15H2,1-5H3,(H,27,31). The van der Waals surface area contributed by atoms with Gasteiger partial charge in [0.25, 0.3) is 0 Å². The minimum absolute atomic E-state index is 0.117. The Kier molecular flexibility index (Phi) is 8.49. The summed E-state index contributed by atoms with van der Waals surface area (Å²) in [6, 6.07) is 14.2. The maximum Gasteiger partial charge on any atom is 0.234 e. The fourth-order valence-corrected chi connectivity index (χ4v) is 4.06. The molecule has 1 atom stereocenters. The van der Waals surface area contributed by atoms with Crippen LogP contribution in [0.25, 0.3) is 0 Å². The number of nitrogens with one attached hydrogen (secondary N) is 1. The molecule has 1 aromatic heterocycles. The van der Waals surface area contributed by atoms with E-state index in [1.165, 1.54) is 23.4 Å². The van der Waals surface area contributed by atoms with E-state index in [0.717, 1.165) is 5.69 Å². The molecule has 1 amide bonds. The monoisotopic (exact) mass is 470 g/mol. The van der Waals surface area contributed by atoms with Crippen LogP contribution in [0, 0.1) is 11.7 Å². The Bertz CT molecular complexity index is 1070. The van der Waals surface area contributed by atoms with Crippen LogP contribution in [0.1, 0.15) is 58.0 Å². The molecule has 0 aliphatic rings. The van der Waals surface area contributed by atoms with Crippen LogP contribution in [0.4, 0.5) is 10.1 Å². The molecule has 8 heteroatoms. The molecule has 0 saturated carbocycles. The minimum Gasteiger partial charge on any atom is -0.480 e. The molecular weight excluding hydrogens is 439 g/mol. The van der Waals surface area contributed by atoms with E-state index in [1.807, 2.05) is 35.8 Å². The Hall–Kier alpha value is -2.87. The highest BCUT2D eigenvalue weighted by molar-refractivity contribution is 7.99. The maximum atomic E-state index is 14.0. The first kappa shape index (κ1) is 24.8. The van der Waals surface area contributed by atoms with Crippen LogP contribution >= 0.6 is 11.8 Å². The Balaban J connectivity index is 1.67. The zero-order valence-electron chi connectivity index (χ0n) is 19.7. The van der Waals surface area contributed by atoms with Gasteiger partial charge in [-0.3, -0.25) is 4.79 Å². The van der Waals surface area contributed by atoms with Gasteiger partial charge in [0.05, 0.1) is 5.75 Å². The fraction of sp³-hybridized carbons (Fsp3) is 0.400. The predicted molar refractivity (Wildman–Crippen MR) is 130 cm³/mol. The third kappa shape index (κ3) is 6.81. The zero-order valence-corrected chi connectivity index (χ0v) is 20.5. The largest absolute Gasteiger partial charge is 0.480 e. The van der Waals surface area contributed by atoms with Crippen LogP contribution in [0.5, 0.6) is 5.75 Å². The molecule has 0 radical (unpaired) electrons. The fourth-order valence-electron chi connectivity index (χ4n) is 3.31. The van der Waals surface area contributed by atoms with Gasteiger partial charge in [-0.25, -0.2) is 4.39 Å². The van der Waals surface area contributed by atoms with Crippen molar-refractivity contribution in [2.24, 2.45) is 5.92 Å². The van der Waals surface area contributed by atoms with Crippen molar-refractivity contribution in [1.82, 2.24) is 14.8 Å². The molecule has 0 aliphatic heterocycles. The van der Waals surface area contributed by atoms with E-state index in [1.54, 1.807) is 18.2 Å². The summed E-state index contributed by atoms with van der Waals surface area (Å²) < 4.78 is 21.8. The topological polar surface area (TPSA) is 69.0 Å². The summed E-state index contributed by atoms with van der Waals surface area (Å²) >= 11 is 1.32. The van der Waals surface area contributed by atoms with E-state index < -0.39 is 11.9 Å². The number of aromatic nitrogens is 3. The number of thioether (sulfide) groups is 1.